The molecule has 4 aliphatic rings. The SMILES string of the molecule is COc1cc2c(cc1OC)C(CO)N1C(=O)C3CC4(C)c5cc(OC)c(OC)cc5C(C1C2)N34. The summed E-state index contributed by atoms with van der Waals surface area (Å²) < 4.78 is 22.3. The van der Waals surface area contributed by atoms with E-state index < -0.39 is 6.04 Å². The van der Waals surface area contributed by atoms with Crippen molar-refractivity contribution in [2.24, 2.45) is 0 Å². The molecule has 4 heterocycles. The number of amides is 1. The molecule has 6 rings (SSSR count). The third kappa shape index (κ3) is 2.47. The van der Waals surface area contributed by atoms with Gasteiger partial charge in [-0.05, 0) is 66.3 Å². The van der Waals surface area contributed by atoms with Crippen LogP contribution in [0.4, 0.5) is 0 Å². The lowest BCUT2D eigenvalue weighted by molar-refractivity contribution is -0.189. The Morgan fingerprint density at radius 3 is 2.15 bits per heavy atom. The molecule has 5 atom stereocenters. The molecule has 4 aliphatic heterocycles. The topological polar surface area (TPSA) is 80.7 Å². The van der Waals surface area contributed by atoms with Crippen LogP contribution >= 0.6 is 0 Å². The number of piperazine rings is 1. The molecule has 0 bridgehead atoms. The van der Waals surface area contributed by atoms with Crippen molar-refractivity contribution in [2.75, 3.05) is 35.0 Å². The van der Waals surface area contributed by atoms with Gasteiger partial charge in [0.1, 0.15) is 0 Å². The van der Waals surface area contributed by atoms with Crippen molar-refractivity contribution in [1.29, 1.82) is 0 Å². The van der Waals surface area contributed by atoms with Gasteiger partial charge in [0.05, 0.1) is 59.2 Å². The molecule has 0 saturated carbocycles. The number of rotatable bonds is 5. The van der Waals surface area contributed by atoms with Gasteiger partial charge in [-0.15, -0.1) is 0 Å². The number of methoxy groups -OCH3 is 4. The summed E-state index contributed by atoms with van der Waals surface area (Å²) in [4.78, 5) is 18.1. The molecule has 180 valence electrons. The largest absolute Gasteiger partial charge is 0.493 e. The van der Waals surface area contributed by atoms with E-state index in [0.717, 1.165) is 17.5 Å². The lowest BCUT2D eigenvalue weighted by Gasteiger charge is -2.63. The van der Waals surface area contributed by atoms with Crippen LogP contribution in [0, 0.1) is 0 Å². The van der Waals surface area contributed by atoms with Crippen LogP contribution in [0.1, 0.15) is 47.7 Å². The zero-order chi connectivity index (χ0) is 23.9. The summed E-state index contributed by atoms with van der Waals surface area (Å²) >= 11 is 0. The molecule has 0 aromatic heterocycles. The number of hydrogen-bond acceptors (Lipinski definition) is 7. The number of carbonyl (C=O) groups excluding carboxylic acids is 1. The van der Waals surface area contributed by atoms with E-state index in [9.17, 15) is 9.90 Å². The van der Waals surface area contributed by atoms with E-state index in [2.05, 4.69) is 24.0 Å². The smallest absolute Gasteiger partial charge is 0.240 e. The number of hydrogen-bond donors (Lipinski definition) is 1. The second-order valence-electron chi connectivity index (χ2n) is 9.76. The van der Waals surface area contributed by atoms with E-state index in [1.165, 1.54) is 11.1 Å². The highest BCUT2D eigenvalue weighted by Crippen LogP contribution is 2.64. The first-order valence-corrected chi connectivity index (χ1v) is 11.6. The first-order valence-electron chi connectivity index (χ1n) is 11.6. The highest BCUT2D eigenvalue weighted by atomic mass is 16.5. The molecule has 0 aliphatic carbocycles. The quantitative estimate of drug-likeness (QED) is 0.726. The van der Waals surface area contributed by atoms with Gasteiger partial charge in [0, 0.05) is 5.54 Å². The standard InChI is InChI=1S/C26H30N2O6/c1-26-11-18-25(30)27-17(6-13-7-20(31-2)21(32-3)8-14(13)19(27)12-29)24(28(18)26)15-9-22(33-4)23(34-5)10-16(15)26/h7-10,17-19,24,29H,6,11-12H2,1-5H3. The van der Waals surface area contributed by atoms with Crippen molar-refractivity contribution in [2.45, 2.75) is 49.5 Å². The Labute approximate surface area is 199 Å². The summed E-state index contributed by atoms with van der Waals surface area (Å²) in [5, 5.41) is 10.5. The Hall–Kier alpha value is -2.97. The molecule has 0 spiro atoms. The Kier molecular flexibility index (Phi) is 4.60. The second-order valence-corrected chi connectivity index (χ2v) is 9.76. The minimum atomic E-state index is -0.431. The lowest BCUT2D eigenvalue weighted by atomic mass is 9.73. The fourth-order valence-electron chi connectivity index (χ4n) is 6.98. The molecule has 1 amide bonds. The van der Waals surface area contributed by atoms with Gasteiger partial charge in [-0.2, -0.15) is 0 Å². The maximum Gasteiger partial charge on any atom is 0.240 e. The van der Waals surface area contributed by atoms with E-state index in [-0.39, 0.29) is 36.2 Å². The van der Waals surface area contributed by atoms with Gasteiger partial charge in [-0.3, -0.25) is 9.69 Å². The molecule has 1 N–H and O–H groups in total. The van der Waals surface area contributed by atoms with Crippen LogP contribution in [0.5, 0.6) is 23.0 Å². The highest BCUT2D eigenvalue weighted by Gasteiger charge is 2.67. The zero-order valence-electron chi connectivity index (χ0n) is 20.1. The van der Waals surface area contributed by atoms with Crippen molar-refractivity contribution >= 4 is 5.91 Å². The minimum Gasteiger partial charge on any atom is -0.493 e. The van der Waals surface area contributed by atoms with E-state index in [1.54, 1.807) is 28.4 Å². The summed E-state index contributed by atoms with van der Waals surface area (Å²) in [5.74, 6) is 2.73. The number of carbonyl (C=O) groups is 1. The molecule has 5 unspecified atom stereocenters. The first kappa shape index (κ1) is 21.6. The number of benzene rings is 2. The number of nitrogens with zero attached hydrogens (tertiary/aromatic N) is 2. The van der Waals surface area contributed by atoms with E-state index in [0.29, 0.717) is 29.4 Å². The predicted octanol–water partition coefficient (Wildman–Crippen LogP) is 2.57. The average molecular weight is 467 g/mol. The lowest BCUT2D eigenvalue weighted by Crippen LogP contribution is -2.73. The fraction of sp³-hybridized carbons (Fsp3) is 0.500. The van der Waals surface area contributed by atoms with Gasteiger partial charge in [-0.25, -0.2) is 0 Å². The van der Waals surface area contributed by atoms with Crippen molar-refractivity contribution in [3.8, 4) is 23.0 Å². The zero-order valence-corrected chi connectivity index (χ0v) is 20.1. The third-order valence-corrected chi connectivity index (χ3v) is 8.45. The molecule has 2 aromatic rings. The monoisotopic (exact) mass is 466 g/mol. The van der Waals surface area contributed by atoms with Crippen molar-refractivity contribution < 1.29 is 28.8 Å². The molecular weight excluding hydrogens is 436 g/mol. The average Bonchev–Trinajstić information content (AvgIpc) is 3.05. The van der Waals surface area contributed by atoms with Gasteiger partial charge in [0.15, 0.2) is 23.0 Å². The molecule has 2 aromatic carbocycles. The maximum atomic E-state index is 13.8. The number of ether oxygens (including phenoxy) is 4. The van der Waals surface area contributed by atoms with Crippen LogP contribution < -0.4 is 18.9 Å². The second kappa shape index (κ2) is 7.26. The van der Waals surface area contributed by atoms with Crippen molar-refractivity contribution in [3.05, 3.63) is 46.5 Å². The van der Waals surface area contributed by atoms with E-state index in [4.69, 9.17) is 18.9 Å². The van der Waals surface area contributed by atoms with Gasteiger partial charge in [0.2, 0.25) is 5.91 Å². The number of aliphatic hydroxyl groups is 1. The van der Waals surface area contributed by atoms with E-state index >= 15 is 0 Å². The summed E-state index contributed by atoms with van der Waals surface area (Å²) in [6, 6.07) is 7.30. The van der Waals surface area contributed by atoms with E-state index in [1.807, 2.05) is 17.0 Å². The normalized spacial score (nSPS) is 30.5. The fourth-order valence-corrected chi connectivity index (χ4v) is 6.98. The Balaban J connectivity index is 1.53. The van der Waals surface area contributed by atoms with Gasteiger partial charge >= 0.3 is 0 Å². The maximum absolute atomic E-state index is 13.8. The Morgan fingerprint density at radius 1 is 0.941 bits per heavy atom. The summed E-state index contributed by atoms with van der Waals surface area (Å²) in [6.07, 6.45) is 1.40. The van der Waals surface area contributed by atoms with Crippen LogP contribution in [0.2, 0.25) is 0 Å². The van der Waals surface area contributed by atoms with Crippen LogP contribution in [-0.2, 0) is 16.8 Å². The molecule has 8 heteroatoms. The van der Waals surface area contributed by atoms with Crippen LogP contribution in [0.25, 0.3) is 0 Å². The summed E-state index contributed by atoms with van der Waals surface area (Å²) in [7, 11) is 6.51. The first-order chi connectivity index (χ1) is 16.4. The number of fused-ring (bicyclic) bond motifs is 6. The van der Waals surface area contributed by atoms with Crippen LogP contribution in [-0.4, -0.2) is 67.9 Å². The van der Waals surface area contributed by atoms with Gasteiger partial charge in [0.25, 0.3) is 0 Å². The molecular formula is C26H30N2O6. The van der Waals surface area contributed by atoms with Gasteiger partial charge < -0.3 is 29.0 Å². The minimum absolute atomic E-state index is 0.00607. The number of aliphatic hydroxyl groups excluding tert-OH is 1. The molecule has 8 nitrogen and oxygen atoms in total. The van der Waals surface area contributed by atoms with Crippen LogP contribution in [0.3, 0.4) is 0 Å². The van der Waals surface area contributed by atoms with Crippen molar-refractivity contribution in [1.82, 2.24) is 9.80 Å². The Morgan fingerprint density at radius 2 is 1.53 bits per heavy atom. The van der Waals surface area contributed by atoms with Gasteiger partial charge in [-0.1, -0.05) is 0 Å². The Bertz CT molecular complexity index is 1200. The molecule has 2 fully saturated rings. The third-order valence-electron chi connectivity index (χ3n) is 8.45. The predicted molar refractivity (Wildman–Crippen MR) is 124 cm³/mol. The van der Waals surface area contributed by atoms with Crippen LogP contribution in [0.15, 0.2) is 24.3 Å². The molecule has 0 radical (unpaired) electrons. The molecule has 2 saturated heterocycles. The highest BCUT2D eigenvalue weighted by molar-refractivity contribution is 5.87. The summed E-state index contributed by atoms with van der Waals surface area (Å²) in [5.41, 5.74) is 4.13. The van der Waals surface area contributed by atoms with Crippen molar-refractivity contribution in [3.63, 3.8) is 0 Å². The summed E-state index contributed by atoms with van der Waals surface area (Å²) in [6.45, 7) is 2.06. The molecule has 34 heavy (non-hydrogen) atoms.